The summed E-state index contributed by atoms with van der Waals surface area (Å²) >= 11 is 7.66. The third kappa shape index (κ3) is 2.86. The van der Waals surface area contributed by atoms with Crippen molar-refractivity contribution < 1.29 is 4.39 Å². The second-order valence-electron chi connectivity index (χ2n) is 3.98. The fraction of sp³-hybridized carbons (Fsp3) is 0.231. The molecule has 90 valence electrons. The Labute approximate surface area is 109 Å². The number of rotatable bonds is 3. The summed E-state index contributed by atoms with van der Waals surface area (Å²) in [5, 5.41) is 2.46. The molecule has 1 aromatic carbocycles. The highest BCUT2D eigenvalue weighted by atomic mass is 35.5. The average Bonchev–Trinajstić information content (AvgIpc) is 2.68. The summed E-state index contributed by atoms with van der Waals surface area (Å²) in [6, 6.07) is 6.36. The molecule has 0 spiro atoms. The number of hydrogen-bond acceptors (Lipinski definition) is 2. The summed E-state index contributed by atoms with van der Waals surface area (Å²) < 4.78 is 12.9. The number of nitrogens with two attached hydrogens (primary N) is 1. The maximum Gasteiger partial charge on any atom is 0.124 e. The Morgan fingerprint density at radius 1 is 1.41 bits per heavy atom. The van der Waals surface area contributed by atoms with Crippen molar-refractivity contribution in [2.45, 2.75) is 19.4 Å². The van der Waals surface area contributed by atoms with Crippen LogP contribution in [0.5, 0.6) is 0 Å². The lowest BCUT2D eigenvalue weighted by molar-refractivity contribution is 0.625. The Morgan fingerprint density at radius 3 is 2.76 bits per heavy atom. The predicted molar refractivity (Wildman–Crippen MR) is 71.1 cm³/mol. The molecule has 4 heteroatoms. The van der Waals surface area contributed by atoms with Crippen molar-refractivity contribution in [3.63, 3.8) is 0 Å². The summed E-state index contributed by atoms with van der Waals surface area (Å²) in [5.41, 5.74) is 8.15. The van der Waals surface area contributed by atoms with Crippen molar-refractivity contribution in [3.05, 3.63) is 56.5 Å². The van der Waals surface area contributed by atoms with Crippen molar-refractivity contribution in [3.8, 4) is 0 Å². The molecule has 0 saturated heterocycles. The van der Waals surface area contributed by atoms with E-state index in [1.165, 1.54) is 17.0 Å². The van der Waals surface area contributed by atoms with Gasteiger partial charge in [0, 0.05) is 15.9 Å². The molecular formula is C13H13ClFNS. The van der Waals surface area contributed by atoms with Crippen LogP contribution in [0, 0.1) is 12.7 Å². The van der Waals surface area contributed by atoms with E-state index in [1.54, 1.807) is 17.4 Å². The van der Waals surface area contributed by atoms with E-state index < -0.39 is 0 Å². The van der Waals surface area contributed by atoms with E-state index >= 15 is 0 Å². The topological polar surface area (TPSA) is 26.0 Å². The van der Waals surface area contributed by atoms with Crippen LogP contribution in [0.15, 0.2) is 29.6 Å². The van der Waals surface area contributed by atoms with Gasteiger partial charge in [-0.25, -0.2) is 4.39 Å². The molecule has 0 radical (unpaired) electrons. The monoisotopic (exact) mass is 269 g/mol. The fourth-order valence-corrected chi connectivity index (χ4v) is 2.83. The first kappa shape index (κ1) is 12.6. The van der Waals surface area contributed by atoms with Crippen LogP contribution >= 0.6 is 22.9 Å². The van der Waals surface area contributed by atoms with Crippen molar-refractivity contribution in [2.24, 2.45) is 5.73 Å². The molecule has 2 N–H and O–H groups in total. The van der Waals surface area contributed by atoms with E-state index in [0.29, 0.717) is 11.4 Å². The molecule has 0 aliphatic carbocycles. The molecule has 1 unspecified atom stereocenters. The van der Waals surface area contributed by atoms with Crippen molar-refractivity contribution >= 4 is 22.9 Å². The zero-order valence-corrected chi connectivity index (χ0v) is 11.0. The van der Waals surface area contributed by atoms with Gasteiger partial charge in [0.15, 0.2) is 0 Å². The molecule has 0 saturated carbocycles. The molecule has 1 heterocycles. The molecule has 2 aromatic rings. The van der Waals surface area contributed by atoms with Gasteiger partial charge in [0.1, 0.15) is 5.82 Å². The summed E-state index contributed by atoms with van der Waals surface area (Å²) in [4.78, 5) is 1.22. The van der Waals surface area contributed by atoms with Gasteiger partial charge >= 0.3 is 0 Å². The van der Waals surface area contributed by atoms with Crippen LogP contribution in [0.25, 0.3) is 0 Å². The first-order chi connectivity index (χ1) is 8.08. The van der Waals surface area contributed by atoms with Gasteiger partial charge in [-0.2, -0.15) is 0 Å². The maximum atomic E-state index is 12.9. The number of hydrogen-bond donors (Lipinski definition) is 1. The molecular weight excluding hydrogens is 257 g/mol. The highest BCUT2D eigenvalue weighted by molar-refractivity contribution is 7.10. The van der Waals surface area contributed by atoms with Gasteiger partial charge in [0.25, 0.3) is 0 Å². The molecule has 0 bridgehead atoms. The Kier molecular flexibility index (Phi) is 3.82. The summed E-state index contributed by atoms with van der Waals surface area (Å²) in [6.45, 7) is 2.05. The maximum absolute atomic E-state index is 12.9. The third-order valence-electron chi connectivity index (χ3n) is 2.75. The van der Waals surface area contributed by atoms with Gasteiger partial charge in [-0.15, -0.1) is 11.3 Å². The zero-order valence-electron chi connectivity index (χ0n) is 9.41. The normalized spacial score (nSPS) is 12.7. The Balaban J connectivity index is 2.19. The molecule has 2 rings (SSSR count). The van der Waals surface area contributed by atoms with Crippen molar-refractivity contribution in [1.82, 2.24) is 0 Å². The molecule has 0 fully saturated rings. The van der Waals surface area contributed by atoms with Crippen LogP contribution < -0.4 is 5.73 Å². The second-order valence-corrected chi connectivity index (χ2v) is 5.51. The summed E-state index contributed by atoms with van der Waals surface area (Å²) in [7, 11) is 0. The highest BCUT2D eigenvalue weighted by Gasteiger charge is 2.12. The lowest BCUT2D eigenvalue weighted by Crippen LogP contribution is -2.13. The zero-order chi connectivity index (χ0) is 12.4. The molecule has 0 amide bonds. The van der Waals surface area contributed by atoms with E-state index in [0.717, 1.165) is 11.1 Å². The molecule has 17 heavy (non-hydrogen) atoms. The van der Waals surface area contributed by atoms with Gasteiger partial charge in [-0.05, 0) is 48.1 Å². The standard InChI is InChI=1S/C13H13ClFNS/c1-8-11(4-5-17-8)13(16)6-9-2-3-10(15)7-12(9)14/h2-5,7,13H,6,16H2,1H3. The molecule has 1 aromatic heterocycles. The quantitative estimate of drug-likeness (QED) is 0.892. The molecule has 0 aliphatic heterocycles. The smallest absolute Gasteiger partial charge is 0.124 e. The minimum atomic E-state index is -0.320. The van der Waals surface area contributed by atoms with E-state index in [2.05, 4.69) is 0 Å². The number of benzene rings is 1. The fourth-order valence-electron chi connectivity index (χ4n) is 1.81. The lowest BCUT2D eigenvalue weighted by atomic mass is 10.0. The van der Waals surface area contributed by atoms with Gasteiger partial charge in [-0.3, -0.25) is 0 Å². The van der Waals surface area contributed by atoms with E-state index in [-0.39, 0.29) is 11.9 Å². The molecule has 0 aliphatic rings. The Hall–Kier alpha value is -0.900. The van der Waals surface area contributed by atoms with Crippen LogP contribution in [0.2, 0.25) is 5.02 Å². The minimum absolute atomic E-state index is 0.0933. The van der Waals surface area contributed by atoms with Crippen LogP contribution in [0.1, 0.15) is 22.0 Å². The minimum Gasteiger partial charge on any atom is -0.324 e. The first-order valence-electron chi connectivity index (χ1n) is 5.31. The van der Waals surface area contributed by atoms with Gasteiger partial charge in [0.2, 0.25) is 0 Å². The van der Waals surface area contributed by atoms with Gasteiger partial charge < -0.3 is 5.73 Å². The van der Waals surface area contributed by atoms with E-state index in [9.17, 15) is 4.39 Å². The number of aryl methyl sites for hydroxylation is 1. The van der Waals surface area contributed by atoms with Gasteiger partial charge in [0.05, 0.1) is 0 Å². The first-order valence-corrected chi connectivity index (χ1v) is 6.57. The number of halogens is 2. The Bertz CT molecular complexity index is 524. The largest absolute Gasteiger partial charge is 0.324 e. The second kappa shape index (κ2) is 5.17. The molecule has 1 atom stereocenters. The summed E-state index contributed by atoms with van der Waals surface area (Å²) in [6.07, 6.45) is 0.622. The van der Waals surface area contributed by atoms with Crippen LogP contribution in [-0.2, 0) is 6.42 Å². The van der Waals surface area contributed by atoms with Crippen molar-refractivity contribution in [2.75, 3.05) is 0 Å². The van der Waals surface area contributed by atoms with Crippen LogP contribution in [0.4, 0.5) is 4.39 Å². The van der Waals surface area contributed by atoms with Crippen LogP contribution in [0.3, 0.4) is 0 Å². The average molecular weight is 270 g/mol. The summed E-state index contributed by atoms with van der Waals surface area (Å²) in [5.74, 6) is -0.320. The van der Waals surface area contributed by atoms with Crippen LogP contribution in [-0.4, -0.2) is 0 Å². The lowest BCUT2D eigenvalue weighted by Gasteiger charge is -2.12. The number of thiophene rings is 1. The third-order valence-corrected chi connectivity index (χ3v) is 3.97. The van der Waals surface area contributed by atoms with E-state index in [4.69, 9.17) is 17.3 Å². The molecule has 1 nitrogen and oxygen atoms in total. The SMILES string of the molecule is Cc1sccc1C(N)Cc1ccc(F)cc1Cl. The Morgan fingerprint density at radius 2 is 2.18 bits per heavy atom. The predicted octanol–water partition coefficient (Wildman–Crippen LogP) is 4.09. The highest BCUT2D eigenvalue weighted by Crippen LogP contribution is 2.26. The van der Waals surface area contributed by atoms with Crippen molar-refractivity contribution in [1.29, 1.82) is 0 Å². The van der Waals surface area contributed by atoms with Gasteiger partial charge in [-0.1, -0.05) is 17.7 Å². The van der Waals surface area contributed by atoms with E-state index in [1.807, 2.05) is 18.4 Å².